The lowest BCUT2D eigenvalue weighted by molar-refractivity contribution is -0.119. The molecule has 1 atom stereocenters. The van der Waals surface area contributed by atoms with E-state index in [9.17, 15) is 9.59 Å². The second-order valence-electron chi connectivity index (χ2n) is 5.38. The topological polar surface area (TPSA) is 98.0 Å². The predicted molar refractivity (Wildman–Crippen MR) is 90.1 cm³/mol. The lowest BCUT2D eigenvalue weighted by atomic mass is 10.1. The fraction of sp³-hybridized carbons (Fsp3) is 0.111. The van der Waals surface area contributed by atoms with Crippen LogP contribution in [0.15, 0.2) is 60.9 Å². The third-order valence-electron chi connectivity index (χ3n) is 3.65. The Balaban J connectivity index is 1.78. The van der Waals surface area contributed by atoms with E-state index < -0.39 is 17.9 Å². The molecule has 0 fully saturated rings. The molecule has 3 N–H and O–H groups in total. The van der Waals surface area contributed by atoms with Crippen molar-refractivity contribution in [1.82, 2.24) is 15.3 Å². The quantitative estimate of drug-likeness (QED) is 0.743. The number of fused-ring (bicyclic) bond motifs is 1. The van der Waals surface area contributed by atoms with Crippen molar-refractivity contribution < 1.29 is 9.59 Å². The van der Waals surface area contributed by atoms with Gasteiger partial charge in [-0.25, -0.2) is 4.98 Å². The summed E-state index contributed by atoms with van der Waals surface area (Å²) in [5, 5.41) is 3.49. The average molecular weight is 320 g/mol. The number of primary amides is 1. The van der Waals surface area contributed by atoms with E-state index in [-0.39, 0.29) is 5.69 Å². The molecule has 24 heavy (non-hydrogen) atoms. The minimum absolute atomic E-state index is 0.230. The highest BCUT2D eigenvalue weighted by Crippen LogP contribution is 2.11. The Bertz CT molecular complexity index is 880. The molecule has 3 aromatic rings. The number of nitrogens with one attached hydrogen (secondary N) is 1. The third kappa shape index (κ3) is 3.55. The molecule has 120 valence electrons. The molecule has 0 saturated heterocycles. The Morgan fingerprint density at radius 2 is 1.88 bits per heavy atom. The van der Waals surface area contributed by atoms with Crippen LogP contribution >= 0.6 is 0 Å². The summed E-state index contributed by atoms with van der Waals surface area (Å²) in [5.74, 6) is -1.02. The van der Waals surface area contributed by atoms with Crippen molar-refractivity contribution in [1.29, 1.82) is 0 Å². The Labute approximate surface area is 138 Å². The molecule has 0 aliphatic heterocycles. The van der Waals surface area contributed by atoms with E-state index in [0.29, 0.717) is 11.9 Å². The minimum atomic E-state index is -0.796. The average Bonchev–Trinajstić information content (AvgIpc) is 2.61. The minimum Gasteiger partial charge on any atom is -0.368 e. The first-order chi connectivity index (χ1) is 11.6. The van der Waals surface area contributed by atoms with Crippen LogP contribution in [-0.4, -0.2) is 27.8 Å². The maximum Gasteiger partial charge on any atom is 0.270 e. The Hall–Kier alpha value is -3.28. The van der Waals surface area contributed by atoms with Gasteiger partial charge in [-0.1, -0.05) is 30.3 Å². The predicted octanol–water partition coefficient (Wildman–Crippen LogP) is 1.46. The molecule has 1 aromatic carbocycles. The number of pyridine rings is 2. The van der Waals surface area contributed by atoms with Crippen molar-refractivity contribution in [2.75, 3.05) is 0 Å². The molecule has 2 aromatic heterocycles. The molecule has 0 spiro atoms. The van der Waals surface area contributed by atoms with Crippen LogP contribution in [-0.2, 0) is 11.2 Å². The van der Waals surface area contributed by atoms with Crippen LogP contribution in [0.5, 0.6) is 0 Å². The largest absolute Gasteiger partial charge is 0.368 e. The van der Waals surface area contributed by atoms with Gasteiger partial charge in [0.05, 0.1) is 5.52 Å². The Morgan fingerprint density at radius 3 is 2.62 bits per heavy atom. The third-order valence-corrected chi connectivity index (χ3v) is 3.65. The fourth-order valence-electron chi connectivity index (χ4n) is 2.40. The van der Waals surface area contributed by atoms with Crippen LogP contribution in [0, 0.1) is 0 Å². The molecule has 0 saturated carbocycles. The van der Waals surface area contributed by atoms with Gasteiger partial charge in [0.2, 0.25) is 5.91 Å². The fourth-order valence-corrected chi connectivity index (χ4v) is 2.40. The van der Waals surface area contributed by atoms with Gasteiger partial charge in [-0.2, -0.15) is 0 Å². The Kier molecular flexibility index (Phi) is 4.47. The van der Waals surface area contributed by atoms with Crippen molar-refractivity contribution >= 4 is 22.7 Å². The number of hydrogen-bond donors (Lipinski definition) is 2. The van der Waals surface area contributed by atoms with Crippen LogP contribution in [0.4, 0.5) is 0 Å². The van der Waals surface area contributed by atoms with Gasteiger partial charge >= 0.3 is 0 Å². The summed E-state index contributed by atoms with van der Waals surface area (Å²) < 4.78 is 0. The molecule has 0 radical (unpaired) electrons. The maximum atomic E-state index is 12.4. The van der Waals surface area contributed by atoms with Crippen molar-refractivity contribution in [3.8, 4) is 0 Å². The van der Waals surface area contributed by atoms with Gasteiger partial charge in [-0.3, -0.25) is 14.6 Å². The van der Waals surface area contributed by atoms with E-state index in [1.165, 1.54) is 0 Å². The first-order valence-corrected chi connectivity index (χ1v) is 7.48. The van der Waals surface area contributed by atoms with Crippen LogP contribution in [0.1, 0.15) is 16.1 Å². The number of aromatic nitrogens is 2. The SMILES string of the molecule is NC(=O)[C@H](Cc1ccccc1)NC(=O)c1ccc2cnccc2n1. The number of carbonyl (C=O) groups excluding carboxylic acids is 2. The highest BCUT2D eigenvalue weighted by Gasteiger charge is 2.20. The highest BCUT2D eigenvalue weighted by molar-refractivity contribution is 5.97. The van der Waals surface area contributed by atoms with Crippen LogP contribution in [0.25, 0.3) is 10.9 Å². The molecule has 2 heterocycles. The summed E-state index contributed by atoms with van der Waals surface area (Å²) in [6.07, 6.45) is 3.61. The van der Waals surface area contributed by atoms with Crippen molar-refractivity contribution in [3.63, 3.8) is 0 Å². The number of benzene rings is 1. The molecule has 0 unspecified atom stereocenters. The van der Waals surface area contributed by atoms with Crippen LogP contribution in [0.3, 0.4) is 0 Å². The zero-order chi connectivity index (χ0) is 16.9. The first kappa shape index (κ1) is 15.6. The normalized spacial score (nSPS) is 11.8. The lowest BCUT2D eigenvalue weighted by Gasteiger charge is -2.15. The van der Waals surface area contributed by atoms with Crippen LogP contribution in [0.2, 0.25) is 0 Å². The second-order valence-corrected chi connectivity index (χ2v) is 5.38. The number of hydrogen-bond acceptors (Lipinski definition) is 4. The number of nitrogens with two attached hydrogens (primary N) is 1. The smallest absolute Gasteiger partial charge is 0.270 e. The zero-order valence-electron chi connectivity index (χ0n) is 12.8. The molecule has 2 amide bonds. The van der Waals surface area contributed by atoms with Gasteiger partial charge in [0, 0.05) is 24.2 Å². The van der Waals surface area contributed by atoms with Crippen molar-refractivity contribution in [2.24, 2.45) is 5.73 Å². The van der Waals surface area contributed by atoms with E-state index in [1.807, 2.05) is 30.3 Å². The maximum absolute atomic E-state index is 12.4. The number of rotatable bonds is 5. The second kappa shape index (κ2) is 6.87. The molecule has 6 heteroatoms. The standard InChI is InChI=1S/C18H16N4O2/c19-17(23)16(10-12-4-2-1-3-5-12)22-18(24)15-7-6-13-11-20-9-8-14(13)21-15/h1-9,11,16H,10H2,(H2,19,23)(H,22,24)/t16-/m0/s1. The van der Waals surface area contributed by atoms with Crippen molar-refractivity contribution in [2.45, 2.75) is 12.5 Å². The van der Waals surface area contributed by atoms with E-state index >= 15 is 0 Å². The van der Waals surface area contributed by atoms with Gasteiger partial charge in [0.25, 0.3) is 5.91 Å². The number of carbonyl (C=O) groups is 2. The molecule has 6 nitrogen and oxygen atoms in total. The van der Waals surface area contributed by atoms with Crippen molar-refractivity contribution in [3.05, 3.63) is 72.2 Å². The highest BCUT2D eigenvalue weighted by atomic mass is 16.2. The molecular formula is C18H16N4O2. The monoisotopic (exact) mass is 320 g/mol. The lowest BCUT2D eigenvalue weighted by Crippen LogP contribution is -2.46. The summed E-state index contributed by atoms with van der Waals surface area (Å²) in [6, 6.07) is 13.7. The number of nitrogens with zero attached hydrogens (tertiary/aromatic N) is 2. The summed E-state index contributed by atoms with van der Waals surface area (Å²) in [4.78, 5) is 32.4. The van der Waals surface area contributed by atoms with E-state index in [2.05, 4.69) is 15.3 Å². The molecule has 0 aliphatic carbocycles. The Morgan fingerprint density at radius 1 is 1.08 bits per heavy atom. The van der Waals surface area contributed by atoms with Gasteiger partial charge in [-0.15, -0.1) is 0 Å². The van der Waals surface area contributed by atoms with Gasteiger partial charge < -0.3 is 11.1 Å². The van der Waals surface area contributed by atoms with Gasteiger partial charge in [0.15, 0.2) is 0 Å². The summed E-state index contributed by atoms with van der Waals surface area (Å²) in [5.41, 5.74) is 7.23. The van der Waals surface area contributed by atoms with Gasteiger partial charge in [-0.05, 0) is 23.8 Å². The molecule has 3 rings (SSSR count). The first-order valence-electron chi connectivity index (χ1n) is 7.48. The molecule has 0 aliphatic rings. The molecular weight excluding hydrogens is 304 g/mol. The van der Waals surface area contributed by atoms with E-state index in [0.717, 1.165) is 10.9 Å². The number of amides is 2. The van der Waals surface area contributed by atoms with Gasteiger partial charge in [0.1, 0.15) is 11.7 Å². The zero-order valence-corrected chi connectivity index (χ0v) is 12.8. The summed E-state index contributed by atoms with van der Waals surface area (Å²) >= 11 is 0. The van der Waals surface area contributed by atoms with Crippen LogP contribution < -0.4 is 11.1 Å². The summed E-state index contributed by atoms with van der Waals surface area (Å²) in [7, 11) is 0. The van der Waals surface area contributed by atoms with E-state index in [4.69, 9.17) is 5.73 Å². The van der Waals surface area contributed by atoms with E-state index in [1.54, 1.807) is 30.6 Å². The summed E-state index contributed by atoms with van der Waals surface area (Å²) in [6.45, 7) is 0. The molecule has 0 bridgehead atoms.